The monoisotopic (exact) mass is 444 g/mol. The van der Waals surface area contributed by atoms with Gasteiger partial charge in [0.05, 0.1) is 0 Å². The third-order valence-corrected chi connectivity index (χ3v) is 9.48. The van der Waals surface area contributed by atoms with E-state index >= 15 is 0 Å². The first-order valence-electron chi connectivity index (χ1n) is 8.82. The summed E-state index contributed by atoms with van der Waals surface area (Å²) < 4.78 is 24.1. The largest absolute Gasteiger partial charge is 0 e. The molecular formula is C16H44O7Ti2. The van der Waals surface area contributed by atoms with E-state index in [1.807, 2.05) is 27.7 Å². The van der Waals surface area contributed by atoms with Crippen LogP contribution < -0.4 is 0 Å². The van der Waals surface area contributed by atoms with Gasteiger partial charge in [0, 0.05) is 48.1 Å². The number of hydrogen-bond donors (Lipinski definition) is 4. The van der Waals surface area contributed by atoms with E-state index in [9.17, 15) is 3.32 Å². The molecule has 0 radical (unpaired) electrons. The van der Waals surface area contributed by atoms with Crippen LogP contribution in [-0.4, -0.2) is 60.1 Å². The quantitative estimate of drug-likeness (QED) is 0.466. The van der Waals surface area contributed by atoms with Gasteiger partial charge in [0.25, 0.3) is 0 Å². The Morgan fingerprint density at radius 2 is 0.760 bits per heavy atom. The molecule has 0 atom stereocenters. The van der Waals surface area contributed by atoms with Crippen molar-refractivity contribution in [2.45, 2.75) is 64.8 Å². The number of aliphatic hydroxyl groups is 4. The first-order chi connectivity index (χ1) is 11.2. The van der Waals surface area contributed by atoms with E-state index in [0.29, 0.717) is 22.7 Å². The predicted octanol–water partition coefficient (Wildman–Crippen LogP) is 2.79. The third kappa shape index (κ3) is 36.6. The summed E-state index contributed by atoms with van der Waals surface area (Å²) in [7, 11) is 0. The van der Waals surface area contributed by atoms with Crippen LogP contribution in [0.1, 0.15) is 55.4 Å². The molecule has 0 aromatic carbocycles. The smallest absolute Gasteiger partial charge is 0 e. The molecule has 0 bridgehead atoms. The second-order valence-corrected chi connectivity index (χ2v) is 11.6. The summed E-state index contributed by atoms with van der Waals surface area (Å²) in [5, 5.41) is 30.3. The van der Waals surface area contributed by atoms with Crippen LogP contribution in [0.5, 0.6) is 0 Å². The second-order valence-electron chi connectivity index (χ2n) is 4.20. The minimum Gasteiger partial charge on any atom is 0 e. The van der Waals surface area contributed by atoms with E-state index in [-0.39, 0.29) is 48.1 Å². The third-order valence-electron chi connectivity index (χ3n) is 2.30. The van der Waals surface area contributed by atoms with Crippen molar-refractivity contribution in [2.24, 2.45) is 0 Å². The standard InChI is InChI=1S/4C2H6O.2C2H5O.2C2H5.O.2Ti/c6*1-2-3;2*1-2;;;/h4*3H,2H2,1H3;2*2H2,1H3;2*1H2,2H3;;;/q;;;;2*-1;;;;;+2. The fourth-order valence-corrected chi connectivity index (χ4v) is 5.54. The van der Waals surface area contributed by atoms with Crippen molar-refractivity contribution >= 4 is 0 Å². The number of rotatable bonds is 6. The molecule has 0 unspecified atom stereocenters. The molecule has 0 amide bonds. The zero-order valence-corrected chi connectivity index (χ0v) is 20.8. The molecule has 0 saturated heterocycles. The van der Waals surface area contributed by atoms with Crippen LogP contribution in [0, 0.1) is 0 Å². The average molecular weight is 444 g/mol. The summed E-state index contributed by atoms with van der Waals surface area (Å²) in [6, 6.07) is 0. The summed E-state index contributed by atoms with van der Waals surface area (Å²) in [5.74, 6) is 0. The minimum absolute atomic E-state index is 0. The van der Waals surface area contributed by atoms with Gasteiger partial charge in [-0.1, -0.05) is 0 Å². The molecule has 0 saturated carbocycles. The molecule has 7 nitrogen and oxygen atoms in total. The van der Waals surface area contributed by atoms with Crippen molar-refractivity contribution in [2.75, 3.05) is 39.6 Å². The van der Waals surface area contributed by atoms with Crippen molar-refractivity contribution < 1.29 is 68.2 Å². The van der Waals surface area contributed by atoms with Crippen LogP contribution >= 0.6 is 0 Å². The Kier molecular flexibility index (Phi) is 53.0. The summed E-state index contributed by atoms with van der Waals surface area (Å²) in [6.07, 6.45) is 0. The van der Waals surface area contributed by atoms with Gasteiger partial charge in [0.15, 0.2) is 0 Å². The van der Waals surface area contributed by atoms with Crippen molar-refractivity contribution in [3.8, 4) is 0 Å². The Balaban J connectivity index is -0.0000000575. The molecule has 0 fully saturated rings. The zero-order valence-electron chi connectivity index (χ0n) is 17.7. The summed E-state index contributed by atoms with van der Waals surface area (Å²) >= 11 is -4.15. The molecule has 0 aromatic rings. The van der Waals surface area contributed by atoms with Gasteiger partial charge < -0.3 is 20.4 Å². The molecular weight excluding hydrogens is 400 g/mol. The topological polar surface area (TPSA) is 116 Å². The molecule has 0 heterocycles. The normalized spacial score (nSPS) is 9.32. The van der Waals surface area contributed by atoms with Crippen LogP contribution in [0.3, 0.4) is 0 Å². The first-order valence-corrected chi connectivity index (χ1v) is 12.9. The maximum absolute atomic E-state index is 12.4. The predicted molar refractivity (Wildman–Crippen MR) is 95.9 cm³/mol. The molecule has 9 heteroatoms. The fraction of sp³-hybridized carbons (Fsp3) is 1.00. The van der Waals surface area contributed by atoms with E-state index in [2.05, 4.69) is 0 Å². The Morgan fingerprint density at radius 1 is 0.600 bits per heavy atom. The molecule has 0 aliphatic carbocycles. The Morgan fingerprint density at radius 3 is 0.840 bits per heavy atom. The first kappa shape index (κ1) is 40.6. The van der Waals surface area contributed by atoms with Gasteiger partial charge in [0.2, 0.25) is 0 Å². The van der Waals surface area contributed by atoms with Gasteiger partial charge in [-0.25, -0.2) is 0 Å². The van der Waals surface area contributed by atoms with E-state index < -0.39 is 16.1 Å². The van der Waals surface area contributed by atoms with E-state index in [0.717, 1.165) is 0 Å². The summed E-state index contributed by atoms with van der Waals surface area (Å²) in [5.41, 5.74) is 0. The van der Waals surface area contributed by atoms with Crippen molar-refractivity contribution in [3.63, 3.8) is 0 Å². The molecule has 0 aliphatic heterocycles. The van der Waals surface area contributed by atoms with E-state index in [1.165, 1.54) is 0 Å². The van der Waals surface area contributed by atoms with Crippen LogP contribution in [0.4, 0.5) is 0 Å². The molecule has 0 aromatic heterocycles. The van der Waals surface area contributed by atoms with E-state index in [4.69, 9.17) is 27.1 Å². The SMILES string of the molecule is CCO.CCO.CCO.CCO.CC[O][Ti](=[O])([CH2]C)([CH2]C)[O]CC.[Ti]. The molecule has 0 aliphatic rings. The molecule has 0 rings (SSSR count). The van der Waals surface area contributed by atoms with Crippen molar-refractivity contribution in [3.05, 3.63) is 0 Å². The zero-order chi connectivity index (χ0) is 20.5. The fourth-order valence-electron chi connectivity index (χ4n) is 1.34. The maximum atomic E-state index is 12.4. The Labute approximate surface area is 172 Å². The van der Waals surface area contributed by atoms with Crippen molar-refractivity contribution in [1.82, 2.24) is 0 Å². The molecule has 158 valence electrons. The average Bonchev–Trinajstić information content (AvgIpc) is 2.51. The van der Waals surface area contributed by atoms with Crippen molar-refractivity contribution in [1.29, 1.82) is 0 Å². The van der Waals surface area contributed by atoms with Gasteiger partial charge in [-0.05, 0) is 27.7 Å². The maximum Gasteiger partial charge on any atom is 0 e. The van der Waals surface area contributed by atoms with Gasteiger partial charge in [-0.2, -0.15) is 0 Å². The number of hydrogen-bond acceptors (Lipinski definition) is 7. The van der Waals surface area contributed by atoms with Gasteiger partial charge in [-0.15, -0.1) is 0 Å². The summed E-state index contributed by atoms with van der Waals surface area (Å²) in [6.45, 7) is 16.1. The number of aliphatic hydroxyl groups excluding tert-OH is 4. The van der Waals surface area contributed by atoms with E-state index in [1.54, 1.807) is 27.7 Å². The van der Waals surface area contributed by atoms with Crippen LogP contribution in [0.25, 0.3) is 0 Å². The van der Waals surface area contributed by atoms with Crippen LogP contribution in [-0.2, 0) is 47.7 Å². The molecule has 0 spiro atoms. The molecule has 25 heavy (non-hydrogen) atoms. The van der Waals surface area contributed by atoms with Gasteiger partial charge in [0.1, 0.15) is 0 Å². The summed E-state index contributed by atoms with van der Waals surface area (Å²) in [4.78, 5) is 0. The second kappa shape index (κ2) is 32.6. The minimum atomic E-state index is -4.15. The van der Waals surface area contributed by atoms with Gasteiger partial charge >= 0.3 is 76.4 Å². The van der Waals surface area contributed by atoms with Crippen LogP contribution in [0.15, 0.2) is 0 Å². The van der Waals surface area contributed by atoms with Gasteiger partial charge in [-0.3, -0.25) is 0 Å². The Bertz CT molecular complexity index is 225. The molecule has 4 N–H and O–H groups in total. The van der Waals surface area contributed by atoms with Crippen LogP contribution in [0.2, 0.25) is 9.45 Å². The Hall–Kier alpha value is 0.989.